The van der Waals surface area contributed by atoms with Gasteiger partial charge < -0.3 is 23.8 Å². The van der Waals surface area contributed by atoms with Crippen molar-refractivity contribution >= 4 is 17.5 Å². The third kappa shape index (κ3) is 6.38. The van der Waals surface area contributed by atoms with Gasteiger partial charge in [-0.15, -0.1) is 0 Å². The summed E-state index contributed by atoms with van der Waals surface area (Å²) in [5, 5.41) is 6.22. The molecular weight excluding hydrogens is 498 g/mol. The highest BCUT2D eigenvalue weighted by atomic mass is 16.5. The Hall–Kier alpha value is -4.37. The molecule has 0 radical (unpaired) electrons. The number of hydrogen-bond acceptors (Lipinski definition) is 7. The van der Waals surface area contributed by atoms with Gasteiger partial charge in [0.25, 0.3) is 11.8 Å². The molecular formula is C30H33N3O6. The fourth-order valence-electron chi connectivity index (χ4n) is 4.51. The van der Waals surface area contributed by atoms with Gasteiger partial charge in [0.05, 0.1) is 39.7 Å². The van der Waals surface area contributed by atoms with E-state index in [2.05, 4.69) is 0 Å². The van der Waals surface area contributed by atoms with Gasteiger partial charge in [0.15, 0.2) is 0 Å². The lowest BCUT2D eigenvalue weighted by atomic mass is 9.97. The topological polar surface area (TPSA) is 89.9 Å². The molecule has 0 spiro atoms. The van der Waals surface area contributed by atoms with Crippen molar-refractivity contribution in [3.8, 4) is 17.2 Å². The third-order valence-corrected chi connectivity index (χ3v) is 6.58. The fraction of sp³-hybridized carbons (Fsp3) is 0.300. The van der Waals surface area contributed by atoms with Crippen molar-refractivity contribution in [2.45, 2.75) is 12.5 Å². The van der Waals surface area contributed by atoms with Crippen molar-refractivity contribution in [3.63, 3.8) is 0 Å². The number of amides is 2. The predicted octanol–water partition coefficient (Wildman–Crippen LogP) is 4.18. The van der Waals surface area contributed by atoms with E-state index >= 15 is 0 Å². The molecule has 0 saturated carbocycles. The van der Waals surface area contributed by atoms with Crippen molar-refractivity contribution in [2.75, 3.05) is 48.1 Å². The van der Waals surface area contributed by atoms with Gasteiger partial charge in [0.1, 0.15) is 23.8 Å². The van der Waals surface area contributed by atoms with Crippen LogP contribution in [0.2, 0.25) is 0 Å². The van der Waals surface area contributed by atoms with Crippen LogP contribution in [0.1, 0.15) is 33.9 Å². The van der Waals surface area contributed by atoms with E-state index in [1.54, 1.807) is 52.7 Å². The number of para-hydroxylation sites is 1. The molecule has 0 aromatic heterocycles. The predicted molar refractivity (Wildman–Crippen MR) is 148 cm³/mol. The number of carbonyl (C=O) groups excluding carboxylic acids is 2. The summed E-state index contributed by atoms with van der Waals surface area (Å²) in [6.07, 6.45) is 0.476. The SMILES string of the molecule is COCCN(CC(=O)N1N=C(c2cccc(OC)c2)C[C@H]1c1ccccc1OC)C(=O)c1ccc(OC)cc1. The highest BCUT2D eigenvalue weighted by Crippen LogP contribution is 2.37. The van der Waals surface area contributed by atoms with E-state index in [4.69, 9.17) is 24.0 Å². The molecule has 2 amide bonds. The first kappa shape index (κ1) is 27.7. The van der Waals surface area contributed by atoms with Gasteiger partial charge >= 0.3 is 0 Å². The first-order chi connectivity index (χ1) is 19.0. The van der Waals surface area contributed by atoms with Crippen molar-refractivity contribution in [1.82, 2.24) is 9.91 Å². The first-order valence-electron chi connectivity index (χ1n) is 12.6. The number of hydrazone groups is 1. The zero-order valence-electron chi connectivity index (χ0n) is 22.6. The number of nitrogens with zero attached hydrogens (tertiary/aromatic N) is 3. The molecule has 0 bridgehead atoms. The van der Waals surface area contributed by atoms with Crippen LogP contribution in [0.4, 0.5) is 0 Å². The average molecular weight is 532 g/mol. The normalized spacial score (nSPS) is 14.5. The molecule has 1 aliphatic heterocycles. The third-order valence-electron chi connectivity index (χ3n) is 6.58. The maximum absolute atomic E-state index is 13.8. The number of hydrogen-bond donors (Lipinski definition) is 0. The van der Waals surface area contributed by atoms with Crippen LogP contribution in [0.25, 0.3) is 0 Å². The van der Waals surface area contributed by atoms with Gasteiger partial charge in [-0.3, -0.25) is 9.59 Å². The second kappa shape index (κ2) is 12.9. The zero-order valence-corrected chi connectivity index (χ0v) is 22.6. The molecule has 0 saturated heterocycles. The number of carbonyl (C=O) groups is 2. The summed E-state index contributed by atoms with van der Waals surface area (Å²) in [6.45, 7) is 0.352. The van der Waals surface area contributed by atoms with Gasteiger partial charge in [-0.2, -0.15) is 5.10 Å². The van der Waals surface area contributed by atoms with E-state index in [0.29, 0.717) is 29.2 Å². The molecule has 4 rings (SSSR count). The van der Waals surface area contributed by atoms with Gasteiger partial charge in [0, 0.05) is 36.8 Å². The monoisotopic (exact) mass is 531 g/mol. The zero-order chi connectivity index (χ0) is 27.8. The van der Waals surface area contributed by atoms with E-state index in [1.807, 2.05) is 48.5 Å². The minimum atomic E-state index is -0.407. The quantitative estimate of drug-likeness (QED) is 0.369. The summed E-state index contributed by atoms with van der Waals surface area (Å²) in [4.78, 5) is 28.7. The Balaban J connectivity index is 1.66. The Kier molecular flexibility index (Phi) is 9.17. The lowest BCUT2D eigenvalue weighted by Gasteiger charge is -2.27. The van der Waals surface area contributed by atoms with Crippen LogP contribution >= 0.6 is 0 Å². The Morgan fingerprint density at radius 2 is 1.64 bits per heavy atom. The lowest BCUT2D eigenvalue weighted by Crippen LogP contribution is -2.42. The van der Waals surface area contributed by atoms with E-state index < -0.39 is 6.04 Å². The summed E-state index contributed by atoms with van der Waals surface area (Å²) < 4.78 is 21.4. The molecule has 0 unspecified atom stereocenters. The first-order valence-corrected chi connectivity index (χ1v) is 12.6. The molecule has 1 heterocycles. The molecule has 9 nitrogen and oxygen atoms in total. The average Bonchev–Trinajstić information content (AvgIpc) is 3.44. The Labute approximate surface area is 228 Å². The van der Waals surface area contributed by atoms with Gasteiger partial charge in [-0.1, -0.05) is 30.3 Å². The number of methoxy groups -OCH3 is 4. The summed E-state index contributed by atoms with van der Waals surface area (Å²) in [5.74, 6) is 1.40. The van der Waals surface area contributed by atoms with E-state index in [-0.39, 0.29) is 31.5 Å². The molecule has 39 heavy (non-hydrogen) atoms. The largest absolute Gasteiger partial charge is 0.497 e. The Bertz CT molecular complexity index is 1320. The molecule has 0 N–H and O–H groups in total. The smallest absolute Gasteiger partial charge is 0.262 e. The fourth-order valence-corrected chi connectivity index (χ4v) is 4.51. The van der Waals surface area contributed by atoms with Crippen LogP contribution < -0.4 is 14.2 Å². The second-order valence-electron chi connectivity index (χ2n) is 8.93. The summed E-state index contributed by atoms with van der Waals surface area (Å²) >= 11 is 0. The van der Waals surface area contributed by atoms with Gasteiger partial charge in [-0.25, -0.2) is 5.01 Å². The van der Waals surface area contributed by atoms with E-state index in [9.17, 15) is 9.59 Å². The number of ether oxygens (including phenoxy) is 4. The molecule has 1 atom stereocenters. The Morgan fingerprint density at radius 3 is 2.33 bits per heavy atom. The van der Waals surface area contributed by atoms with E-state index in [1.165, 1.54) is 9.91 Å². The molecule has 204 valence electrons. The van der Waals surface area contributed by atoms with Crippen molar-refractivity contribution in [2.24, 2.45) is 5.10 Å². The lowest BCUT2D eigenvalue weighted by molar-refractivity contribution is -0.133. The molecule has 3 aromatic rings. The summed E-state index contributed by atoms with van der Waals surface area (Å²) in [7, 11) is 6.33. The molecule has 0 fully saturated rings. The minimum Gasteiger partial charge on any atom is -0.497 e. The van der Waals surface area contributed by atoms with Gasteiger partial charge in [0.2, 0.25) is 0 Å². The van der Waals surface area contributed by atoms with Gasteiger partial charge in [-0.05, 0) is 42.5 Å². The van der Waals surface area contributed by atoms with Crippen LogP contribution in [0.15, 0.2) is 77.9 Å². The highest BCUT2D eigenvalue weighted by Gasteiger charge is 2.36. The van der Waals surface area contributed by atoms with Crippen LogP contribution in [0.5, 0.6) is 17.2 Å². The van der Waals surface area contributed by atoms with Crippen molar-refractivity contribution in [3.05, 3.63) is 89.5 Å². The van der Waals surface area contributed by atoms with Crippen LogP contribution in [0, 0.1) is 0 Å². The maximum Gasteiger partial charge on any atom is 0.262 e. The second-order valence-corrected chi connectivity index (χ2v) is 8.93. The molecule has 9 heteroatoms. The van der Waals surface area contributed by atoms with Crippen LogP contribution in [-0.4, -0.2) is 75.6 Å². The van der Waals surface area contributed by atoms with Crippen molar-refractivity contribution < 1.29 is 28.5 Å². The molecule has 1 aliphatic rings. The molecule has 3 aromatic carbocycles. The highest BCUT2D eigenvalue weighted by molar-refractivity contribution is 6.04. The van der Waals surface area contributed by atoms with E-state index in [0.717, 1.165) is 16.8 Å². The van der Waals surface area contributed by atoms with Crippen LogP contribution in [-0.2, 0) is 9.53 Å². The standard InChI is InChI=1S/C30H33N3O6/c1-36-17-16-32(30(35)21-12-14-23(37-2)15-13-21)20-29(34)33-27(25-10-5-6-11-28(25)39-4)19-26(31-33)22-8-7-9-24(18-22)38-3/h5-15,18,27H,16-17,19-20H2,1-4H3/t27-/m0/s1. The minimum absolute atomic E-state index is 0.172. The van der Waals surface area contributed by atoms with Crippen molar-refractivity contribution in [1.29, 1.82) is 0 Å². The molecule has 0 aliphatic carbocycles. The number of rotatable bonds is 11. The summed E-state index contributed by atoms with van der Waals surface area (Å²) in [5.41, 5.74) is 2.88. The maximum atomic E-state index is 13.8. The Morgan fingerprint density at radius 1 is 0.897 bits per heavy atom. The number of benzene rings is 3. The summed E-state index contributed by atoms with van der Waals surface area (Å²) in [6, 6.07) is 21.5. The van der Waals surface area contributed by atoms with Crippen LogP contribution in [0.3, 0.4) is 0 Å².